The second kappa shape index (κ2) is 5.74. The Morgan fingerprint density at radius 2 is 2.22 bits per heavy atom. The van der Waals surface area contributed by atoms with Crippen LogP contribution in [-0.2, 0) is 17.9 Å². The Morgan fingerprint density at radius 1 is 1.44 bits per heavy atom. The van der Waals surface area contributed by atoms with Crippen molar-refractivity contribution in [3.05, 3.63) is 40.6 Å². The summed E-state index contributed by atoms with van der Waals surface area (Å²) >= 11 is 3.34. The minimum absolute atomic E-state index is 0.0499. The van der Waals surface area contributed by atoms with Gasteiger partial charge in [-0.05, 0) is 28.1 Å². The minimum Gasteiger partial charge on any atom is -0.390 e. The highest BCUT2D eigenvalue weighted by atomic mass is 79.9. The van der Waals surface area contributed by atoms with E-state index in [9.17, 15) is 4.79 Å². The summed E-state index contributed by atoms with van der Waals surface area (Å²) in [7, 11) is 0. The largest absolute Gasteiger partial charge is 0.390 e. The smallest absolute Gasteiger partial charge is 0.246 e. The SMILES string of the molecule is O=C(Cn1cc(CO)nn1)Nc1ccccc1Br. The van der Waals surface area contributed by atoms with Crippen molar-refractivity contribution in [2.45, 2.75) is 13.2 Å². The topological polar surface area (TPSA) is 80.0 Å². The number of halogens is 1. The number of aliphatic hydroxyl groups is 1. The van der Waals surface area contributed by atoms with Gasteiger partial charge in [0.15, 0.2) is 0 Å². The third-order valence-corrected chi connectivity index (χ3v) is 2.89. The molecule has 1 amide bonds. The van der Waals surface area contributed by atoms with Gasteiger partial charge >= 0.3 is 0 Å². The van der Waals surface area contributed by atoms with E-state index in [1.54, 1.807) is 6.07 Å². The number of nitrogens with one attached hydrogen (secondary N) is 1. The third-order valence-electron chi connectivity index (χ3n) is 2.20. The highest BCUT2D eigenvalue weighted by molar-refractivity contribution is 9.10. The average Bonchev–Trinajstić information content (AvgIpc) is 2.80. The maximum Gasteiger partial charge on any atom is 0.246 e. The van der Waals surface area contributed by atoms with Crippen LogP contribution in [0.4, 0.5) is 5.69 Å². The van der Waals surface area contributed by atoms with E-state index in [-0.39, 0.29) is 19.1 Å². The number of hydrogen-bond donors (Lipinski definition) is 2. The number of amides is 1. The van der Waals surface area contributed by atoms with Crippen molar-refractivity contribution in [3.63, 3.8) is 0 Å². The van der Waals surface area contributed by atoms with Crippen molar-refractivity contribution in [1.82, 2.24) is 15.0 Å². The first-order valence-electron chi connectivity index (χ1n) is 5.23. The standard InChI is InChI=1S/C11H11BrN4O2/c12-9-3-1-2-4-10(9)13-11(18)6-16-5-8(7-17)14-15-16/h1-5,17H,6-7H2,(H,13,18). The van der Waals surface area contributed by atoms with Crippen LogP contribution in [0.5, 0.6) is 0 Å². The fourth-order valence-corrected chi connectivity index (χ4v) is 1.77. The molecule has 1 heterocycles. The van der Waals surface area contributed by atoms with Crippen LogP contribution in [0.3, 0.4) is 0 Å². The van der Waals surface area contributed by atoms with Crippen LogP contribution in [0, 0.1) is 0 Å². The number of rotatable bonds is 4. The zero-order valence-electron chi connectivity index (χ0n) is 9.38. The molecule has 1 aromatic carbocycles. The molecule has 94 valence electrons. The van der Waals surface area contributed by atoms with Gasteiger partial charge in [-0.15, -0.1) is 5.10 Å². The summed E-state index contributed by atoms with van der Waals surface area (Å²) in [5.74, 6) is -0.212. The van der Waals surface area contributed by atoms with Crippen LogP contribution in [0.1, 0.15) is 5.69 Å². The predicted molar refractivity (Wildman–Crippen MR) is 68.7 cm³/mol. The minimum atomic E-state index is -0.212. The molecule has 0 radical (unpaired) electrons. The van der Waals surface area contributed by atoms with Crippen LogP contribution >= 0.6 is 15.9 Å². The lowest BCUT2D eigenvalue weighted by atomic mass is 10.3. The molecule has 0 aliphatic rings. The van der Waals surface area contributed by atoms with Gasteiger partial charge in [0.25, 0.3) is 0 Å². The van der Waals surface area contributed by atoms with E-state index in [2.05, 4.69) is 31.6 Å². The maximum absolute atomic E-state index is 11.7. The van der Waals surface area contributed by atoms with Gasteiger partial charge in [-0.25, -0.2) is 4.68 Å². The zero-order valence-corrected chi connectivity index (χ0v) is 11.0. The first-order valence-corrected chi connectivity index (χ1v) is 6.02. The summed E-state index contributed by atoms with van der Waals surface area (Å²) in [6.07, 6.45) is 1.53. The van der Waals surface area contributed by atoms with Crippen LogP contribution in [0.2, 0.25) is 0 Å². The summed E-state index contributed by atoms with van der Waals surface area (Å²) in [6, 6.07) is 7.34. The van der Waals surface area contributed by atoms with Gasteiger partial charge in [0.2, 0.25) is 5.91 Å². The molecule has 0 unspecified atom stereocenters. The highest BCUT2D eigenvalue weighted by Gasteiger charge is 2.07. The monoisotopic (exact) mass is 310 g/mol. The molecule has 0 aliphatic heterocycles. The van der Waals surface area contributed by atoms with Crippen molar-refractivity contribution in [2.24, 2.45) is 0 Å². The number of carbonyl (C=O) groups excluding carboxylic acids is 1. The molecule has 2 N–H and O–H groups in total. The second-order valence-corrected chi connectivity index (χ2v) is 4.45. The number of nitrogens with zero attached hydrogens (tertiary/aromatic N) is 3. The molecule has 0 bridgehead atoms. The predicted octanol–water partition coefficient (Wildman–Crippen LogP) is 1.17. The fraction of sp³-hybridized carbons (Fsp3) is 0.182. The molecule has 0 saturated heterocycles. The molecule has 0 spiro atoms. The molecule has 0 saturated carbocycles. The molecular formula is C11H11BrN4O2. The van der Waals surface area contributed by atoms with Gasteiger partial charge in [0.05, 0.1) is 18.5 Å². The van der Waals surface area contributed by atoms with Crippen LogP contribution in [-0.4, -0.2) is 26.0 Å². The quantitative estimate of drug-likeness (QED) is 0.888. The van der Waals surface area contributed by atoms with E-state index in [1.807, 2.05) is 18.2 Å². The Balaban J connectivity index is 1.99. The molecule has 0 fully saturated rings. The van der Waals surface area contributed by atoms with E-state index < -0.39 is 0 Å². The Hall–Kier alpha value is -1.73. The molecule has 18 heavy (non-hydrogen) atoms. The molecule has 2 rings (SSSR count). The summed E-state index contributed by atoms with van der Waals surface area (Å²) in [4.78, 5) is 11.7. The molecular weight excluding hydrogens is 300 g/mol. The van der Waals surface area contributed by atoms with E-state index in [0.29, 0.717) is 11.4 Å². The van der Waals surface area contributed by atoms with Gasteiger partial charge < -0.3 is 10.4 Å². The van der Waals surface area contributed by atoms with Crippen molar-refractivity contribution in [3.8, 4) is 0 Å². The lowest BCUT2D eigenvalue weighted by Gasteiger charge is -2.06. The number of aliphatic hydroxyl groups excluding tert-OH is 1. The van der Waals surface area contributed by atoms with E-state index >= 15 is 0 Å². The molecule has 0 atom stereocenters. The molecule has 0 aliphatic carbocycles. The Bertz CT molecular complexity index is 555. The molecule has 6 nitrogen and oxygen atoms in total. The van der Waals surface area contributed by atoms with E-state index in [1.165, 1.54) is 10.9 Å². The van der Waals surface area contributed by atoms with Crippen molar-refractivity contribution >= 4 is 27.5 Å². The average molecular weight is 311 g/mol. The number of para-hydroxylation sites is 1. The van der Waals surface area contributed by atoms with E-state index in [0.717, 1.165) is 4.47 Å². The number of anilines is 1. The summed E-state index contributed by atoms with van der Waals surface area (Å²) in [6.45, 7) is -0.139. The van der Waals surface area contributed by atoms with Crippen LogP contribution in [0.25, 0.3) is 0 Å². The van der Waals surface area contributed by atoms with E-state index in [4.69, 9.17) is 5.11 Å². The summed E-state index contributed by atoms with van der Waals surface area (Å²) in [5, 5.41) is 19.0. The van der Waals surface area contributed by atoms with Crippen LogP contribution < -0.4 is 5.32 Å². The molecule has 1 aromatic heterocycles. The number of carbonyl (C=O) groups is 1. The van der Waals surface area contributed by atoms with Gasteiger partial charge in [0.1, 0.15) is 12.2 Å². The first-order chi connectivity index (χ1) is 8.69. The maximum atomic E-state index is 11.7. The first kappa shape index (κ1) is 12.7. The fourth-order valence-electron chi connectivity index (χ4n) is 1.39. The Morgan fingerprint density at radius 3 is 2.89 bits per heavy atom. The highest BCUT2D eigenvalue weighted by Crippen LogP contribution is 2.20. The lowest BCUT2D eigenvalue weighted by molar-refractivity contribution is -0.116. The van der Waals surface area contributed by atoms with Gasteiger partial charge in [-0.3, -0.25) is 4.79 Å². The summed E-state index contributed by atoms with van der Waals surface area (Å²) in [5.41, 5.74) is 1.13. The molecule has 7 heteroatoms. The number of aromatic nitrogens is 3. The Kier molecular flexibility index (Phi) is 4.06. The molecule has 2 aromatic rings. The number of benzene rings is 1. The van der Waals surface area contributed by atoms with Gasteiger partial charge in [-0.2, -0.15) is 0 Å². The van der Waals surface area contributed by atoms with Crippen molar-refractivity contribution in [2.75, 3.05) is 5.32 Å². The van der Waals surface area contributed by atoms with Gasteiger partial charge in [0, 0.05) is 4.47 Å². The third kappa shape index (κ3) is 3.14. The second-order valence-electron chi connectivity index (χ2n) is 3.59. The number of hydrogen-bond acceptors (Lipinski definition) is 4. The van der Waals surface area contributed by atoms with Crippen LogP contribution in [0.15, 0.2) is 34.9 Å². The van der Waals surface area contributed by atoms with Crippen molar-refractivity contribution in [1.29, 1.82) is 0 Å². The zero-order chi connectivity index (χ0) is 13.0. The summed E-state index contributed by atoms with van der Waals surface area (Å²) < 4.78 is 2.19. The van der Waals surface area contributed by atoms with Gasteiger partial charge in [-0.1, -0.05) is 17.3 Å². The lowest BCUT2D eigenvalue weighted by Crippen LogP contribution is -2.19. The normalized spacial score (nSPS) is 10.3. The Labute approximate surface area is 112 Å². The van der Waals surface area contributed by atoms with Crippen molar-refractivity contribution < 1.29 is 9.90 Å².